The lowest BCUT2D eigenvalue weighted by Crippen LogP contribution is -2.13. The molecule has 0 aliphatic carbocycles. The van der Waals surface area contributed by atoms with Crippen molar-refractivity contribution in [2.24, 2.45) is 0 Å². The number of nitrogens with zero attached hydrogens (tertiary/aromatic N) is 3. The molecule has 0 spiro atoms. The van der Waals surface area contributed by atoms with E-state index in [9.17, 15) is 4.79 Å². The first-order chi connectivity index (χ1) is 9.75. The Bertz CT molecular complexity index is 1030. The van der Waals surface area contributed by atoms with E-state index in [0.717, 1.165) is 22.2 Å². The molecule has 20 heavy (non-hydrogen) atoms. The van der Waals surface area contributed by atoms with Gasteiger partial charge in [0.2, 0.25) is 0 Å². The molecule has 0 radical (unpaired) electrons. The second-order valence-corrected chi connectivity index (χ2v) is 4.77. The number of hydrogen-bond acceptors (Lipinski definition) is 3. The molecule has 0 aliphatic rings. The van der Waals surface area contributed by atoms with Gasteiger partial charge in [-0.1, -0.05) is 24.3 Å². The van der Waals surface area contributed by atoms with Crippen LogP contribution >= 0.6 is 0 Å². The molecule has 0 amide bonds. The molecule has 0 N–H and O–H groups in total. The van der Waals surface area contributed by atoms with E-state index in [4.69, 9.17) is 0 Å². The van der Waals surface area contributed by atoms with E-state index in [1.165, 1.54) is 0 Å². The van der Waals surface area contributed by atoms with Gasteiger partial charge in [-0.2, -0.15) is 4.98 Å². The zero-order valence-corrected chi connectivity index (χ0v) is 10.9. The number of hydrogen-bond donors (Lipinski definition) is 0. The van der Waals surface area contributed by atoms with Crippen LogP contribution < -0.4 is 5.56 Å². The Kier molecular flexibility index (Phi) is 2.15. The van der Waals surface area contributed by atoms with Gasteiger partial charge in [0, 0.05) is 5.39 Å². The second kappa shape index (κ2) is 3.87. The number of rotatable bonds is 0. The Morgan fingerprint density at radius 3 is 2.45 bits per heavy atom. The van der Waals surface area contributed by atoms with Crippen molar-refractivity contribution in [3.05, 3.63) is 64.7 Å². The van der Waals surface area contributed by atoms with Gasteiger partial charge < -0.3 is 0 Å². The SMILES string of the molecule is Cc1nc2ccccc2c2nc(=O)c3ccccc3n12. The third-order valence-electron chi connectivity index (χ3n) is 3.55. The number of para-hydroxylation sites is 2. The summed E-state index contributed by atoms with van der Waals surface area (Å²) >= 11 is 0. The van der Waals surface area contributed by atoms with E-state index >= 15 is 0 Å². The van der Waals surface area contributed by atoms with Crippen LogP contribution in [0.1, 0.15) is 5.82 Å². The second-order valence-electron chi connectivity index (χ2n) is 4.77. The highest BCUT2D eigenvalue weighted by molar-refractivity contribution is 5.94. The van der Waals surface area contributed by atoms with E-state index in [1.54, 1.807) is 6.07 Å². The first-order valence-corrected chi connectivity index (χ1v) is 6.42. The van der Waals surface area contributed by atoms with Crippen LogP contribution in [-0.2, 0) is 0 Å². The zero-order valence-electron chi connectivity index (χ0n) is 10.9. The summed E-state index contributed by atoms with van der Waals surface area (Å²) < 4.78 is 1.94. The van der Waals surface area contributed by atoms with Crippen molar-refractivity contribution >= 4 is 27.5 Å². The average molecular weight is 261 g/mol. The lowest BCUT2D eigenvalue weighted by Gasteiger charge is -2.10. The molecular weight excluding hydrogens is 250 g/mol. The molecule has 0 bridgehead atoms. The zero-order chi connectivity index (χ0) is 13.7. The summed E-state index contributed by atoms with van der Waals surface area (Å²) in [4.78, 5) is 21.1. The van der Waals surface area contributed by atoms with E-state index in [2.05, 4.69) is 9.97 Å². The number of aryl methyl sites for hydroxylation is 1. The van der Waals surface area contributed by atoms with Gasteiger partial charge in [0.1, 0.15) is 5.82 Å². The van der Waals surface area contributed by atoms with Crippen molar-refractivity contribution < 1.29 is 0 Å². The minimum absolute atomic E-state index is 0.198. The van der Waals surface area contributed by atoms with Gasteiger partial charge in [-0.3, -0.25) is 9.20 Å². The molecule has 4 nitrogen and oxygen atoms in total. The maximum atomic E-state index is 12.2. The van der Waals surface area contributed by atoms with Crippen LogP contribution in [0.2, 0.25) is 0 Å². The minimum atomic E-state index is -0.198. The standard InChI is InChI=1S/C16H11N3O/c1-10-17-13-8-4-2-6-11(13)15-18-16(20)12-7-3-5-9-14(12)19(10)15/h2-9H,1H3. The van der Waals surface area contributed by atoms with E-state index in [1.807, 2.05) is 53.8 Å². The molecule has 0 saturated heterocycles. The Balaban J connectivity index is 2.42. The molecule has 4 heteroatoms. The summed E-state index contributed by atoms with van der Waals surface area (Å²) in [6.45, 7) is 1.93. The topological polar surface area (TPSA) is 47.3 Å². The monoisotopic (exact) mass is 261 g/mol. The van der Waals surface area contributed by atoms with Gasteiger partial charge in [0.25, 0.3) is 5.56 Å². The Hall–Kier alpha value is -2.75. The lowest BCUT2D eigenvalue weighted by atomic mass is 10.2. The van der Waals surface area contributed by atoms with Gasteiger partial charge >= 0.3 is 0 Å². The fourth-order valence-corrected chi connectivity index (χ4v) is 2.66. The van der Waals surface area contributed by atoms with Crippen LogP contribution in [-0.4, -0.2) is 14.4 Å². The Morgan fingerprint density at radius 1 is 0.900 bits per heavy atom. The maximum absolute atomic E-state index is 12.2. The molecule has 2 aromatic carbocycles. The molecule has 4 aromatic rings. The van der Waals surface area contributed by atoms with Crippen molar-refractivity contribution in [1.82, 2.24) is 14.4 Å². The molecule has 0 atom stereocenters. The van der Waals surface area contributed by atoms with Crippen molar-refractivity contribution in [2.75, 3.05) is 0 Å². The summed E-state index contributed by atoms with van der Waals surface area (Å²) in [5.41, 5.74) is 2.17. The average Bonchev–Trinajstić information content (AvgIpc) is 2.47. The fraction of sp³-hybridized carbons (Fsp3) is 0.0625. The summed E-state index contributed by atoms with van der Waals surface area (Å²) in [6.07, 6.45) is 0. The molecule has 4 rings (SSSR count). The van der Waals surface area contributed by atoms with Crippen LogP contribution in [0.4, 0.5) is 0 Å². The van der Waals surface area contributed by atoms with Gasteiger partial charge in [-0.25, -0.2) is 4.98 Å². The van der Waals surface area contributed by atoms with Gasteiger partial charge in [-0.15, -0.1) is 0 Å². The predicted octanol–water partition coefficient (Wildman–Crippen LogP) is 2.70. The molecule has 0 fully saturated rings. The Morgan fingerprint density at radius 2 is 1.60 bits per heavy atom. The van der Waals surface area contributed by atoms with E-state index in [-0.39, 0.29) is 5.56 Å². The van der Waals surface area contributed by atoms with Crippen LogP contribution in [0.25, 0.3) is 27.5 Å². The van der Waals surface area contributed by atoms with Crippen molar-refractivity contribution in [3.8, 4) is 0 Å². The predicted molar refractivity (Wildman–Crippen MR) is 79.0 cm³/mol. The summed E-state index contributed by atoms with van der Waals surface area (Å²) in [5.74, 6) is 0.822. The van der Waals surface area contributed by atoms with Gasteiger partial charge in [-0.05, 0) is 31.2 Å². The van der Waals surface area contributed by atoms with E-state index < -0.39 is 0 Å². The first kappa shape index (κ1) is 11.1. The first-order valence-electron chi connectivity index (χ1n) is 6.42. The van der Waals surface area contributed by atoms with Crippen LogP contribution in [0, 0.1) is 6.92 Å². The van der Waals surface area contributed by atoms with E-state index in [0.29, 0.717) is 11.0 Å². The quantitative estimate of drug-likeness (QED) is 0.457. The highest BCUT2D eigenvalue weighted by Crippen LogP contribution is 2.20. The molecule has 0 unspecified atom stereocenters. The molecule has 96 valence electrons. The molecule has 0 saturated carbocycles. The summed E-state index contributed by atoms with van der Waals surface area (Å²) in [7, 11) is 0. The molecular formula is C16H11N3O. The summed E-state index contributed by atoms with van der Waals surface area (Å²) in [5, 5.41) is 1.51. The van der Waals surface area contributed by atoms with Crippen LogP contribution in [0.3, 0.4) is 0 Å². The van der Waals surface area contributed by atoms with Gasteiger partial charge in [0.05, 0.1) is 16.4 Å². The number of benzene rings is 2. The third-order valence-corrected chi connectivity index (χ3v) is 3.55. The summed E-state index contributed by atoms with van der Waals surface area (Å²) in [6, 6.07) is 15.2. The number of aromatic nitrogens is 3. The molecule has 2 aromatic heterocycles. The minimum Gasteiger partial charge on any atom is -0.281 e. The third kappa shape index (κ3) is 1.39. The van der Waals surface area contributed by atoms with Crippen LogP contribution in [0.5, 0.6) is 0 Å². The largest absolute Gasteiger partial charge is 0.281 e. The normalized spacial score (nSPS) is 11.4. The van der Waals surface area contributed by atoms with Crippen molar-refractivity contribution in [1.29, 1.82) is 0 Å². The Labute approximate surface area is 114 Å². The fourth-order valence-electron chi connectivity index (χ4n) is 2.66. The highest BCUT2D eigenvalue weighted by Gasteiger charge is 2.10. The van der Waals surface area contributed by atoms with Gasteiger partial charge in [0.15, 0.2) is 5.65 Å². The molecule has 0 aliphatic heterocycles. The van der Waals surface area contributed by atoms with Crippen LogP contribution in [0.15, 0.2) is 53.3 Å². The lowest BCUT2D eigenvalue weighted by molar-refractivity contribution is 1.01. The maximum Gasteiger partial charge on any atom is 0.281 e. The van der Waals surface area contributed by atoms with Crippen molar-refractivity contribution in [2.45, 2.75) is 6.92 Å². The number of fused-ring (bicyclic) bond motifs is 5. The smallest absolute Gasteiger partial charge is 0.281 e. The molecule has 2 heterocycles. The van der Waals surface area contributed by atoms with Crippen molar-refractivity contribution in [3.63, 3.8) is 0 Å². The highest BCUT2D eigenvalue weighted by atomic mass is 16.1.